The van der Waals surface area contributed by atoms with Gasteiger partial charge in [-0.05, 0) is 33.6 Å². The molecule has 1 N–H and O–H groups in total. The van der Waals surface area contributed by atoms with Crippen LogP contribution in [0.15, 0.2) is 0 Å². The molecular formula is C15H27BrN2O4. The van der Waals surface area contributed by atoms with Crippen LogP contribution in [0.2, 0.25) is 0 Å². The Labute approximate surface area is 141 Å². The molecule has 1 heterocycles. The average Bonchev–Trinajstić information content (AvgIpc) is 2.62. The zero-order chi connectivity index (χ0) is 16.6. The van der Waals surface area contributed by atoms with Gasteiger partial charge in [0.15, 0.2) is 0 Å². The maximum atomic E-state index is 12.1. The number of rotatable bonds is 5. The standard InChI is InChI=1S/C15H27BrN2O4/c1-15(2,3)22-14(20)18-8-9-21-11-12(10-18)17-13(19)6-4-5-7-16/h12H,4-11H2,1-3H3,(H,17,19). The largest absolute Gasteiger partial charge is 0.444 e. The minimum Gasteiger partial charge on any atom is -0.444 e. The summed E-state index contributed by atoms with van der Waals surface area (Å²) in [7, 11) is 0. The lowest BCUT2D eigenvalue weighted by molar-refractivity contribution is -0.122. The van der Waals surface area contributed by atoms with Gasteiger partial charge in [0.2, 0.25) is 5.91 Å². The van der Waals surface area contributed by atoms with Gasteiger partial charge in [-0.15, -0.1) is 0 Å². The third-order valence-corrected chi connectivity index (χ3v) is 3.63. The quantitative estimate of drug-likeness (QED) is 0.588. The molecule has 1 saturated heterocycles. The number of nitrogens with one attached hydrogen (secondary N) is 1. The van der Waals surface area contributed by atoms with Gasteiger partial charge >= 0.3 is 6.09 Å². The van der Waals surface area contributed by atoms with Gasteiger partial charge in [0.25, 0.3) is 0 Å². The highest BCUT2D eigenvalue weighted by Crippen LogP contribution is 2.11. The van der Waals surface area contributed by atoms with Gasteiger partial charge in [0.1, 0.15) is 5.60 Å². The van der Waals surface area contributed by atoms with E-state index in [1.54, 1.807) is 4.90 Å². The van der Waals surface area contributed by atoms with Crippen molar-refractivity contribution in [2.24, 2.45) is 0 Å². The fourth-order valence-corrected chi connectivity index (χ4v) is 2.47. The molecule has 2 amide bonds. The summed E-state index contributed by atoms with van der Waals surface area (Å²) in [6.07, 6.45) is 1.95. The van der Waals surface area contributed by atoms with Crippen LogP contribution in [0.3, 0.4) is 0 Å². The van der Waals surface area contributed by atoms with Crippen LogP contribution in [-0.2, 0) is 14.3 Å². The maximum absolute atomic E-state index is 12.1. The van der Waals surface area contributed by atoms with Crippen molar-refractivity contribution in [3.63, 3.8) is 0 Å². The molecule has 22 heavy (non-hydrogen) atoms. The smallest absolute Gasteiger partial charge is 0.410 e. The van der Waals surface area contributed by atoms with Gasteiger partial charge < -0.3 is 19.7 Å². The third-order valence-electron chi connectivity index (χ3n) is 3.07. The summed E-state index contributed by atoms with van der Waals surface area (Å²) in [5.74, 6) is 0.000545. The zero-order valence-electron chi connectivity index (χ0n) is 13.7. The van der Waals surface area contributed by atoms with Crippen LogP contribution in [0.25, 0.3) is 0 Å². The Morgan fingerprint density at radius 3 is 2.73 bits per heavy atom. The number of carbonyl (C=O) groups excluding carboxylic acids is 2. The molecule has 0 aromatic rings. The second-order valence-electron chi connectivity index (χ2n) is 6.41. The molecule has 1 aliphatic heterocycles. The van der Waals surface area contributed by atoms with E-state index < -0.39 is 5.60 Å². The minimum absolute atomic E-state index is 0.000545. The average molecular weight is 379 g/mol. The van der Waals surface area contributed by atoms with Crippen LogP contribution in [0.4, 0.5) is 4.79 Å². The molecule has 1 rings (SSSR count). The highest BCUT2D eigenvalue weighted by molar-refractivity contribution is 9.09. The van der Waals surface area contributed by atoms with Gasteiger partial charge in [0.05, 0.1) is 19.3 Å². The first kappa shape index (κ1) is 19.2. The highest BCUT2D eigenvalue weighted by Gasteiger charge is 2.27. The summed E-state index contributed by atoms with van der Waals surface area (Å²) in [6.45, 7) is 7.27. The Balaban J connectivity index is 2.47. The summed E-state index contributed by atoms with van der Waals surface area (Å²) < 4.78 is 10.9. The highest BCUT2D eigenvalue weighted by atomic mass is 79.9. The minimum atomic E-state index is -0.529. The van der Waals surface area contributed by atoms with E-state index in [4.69, 9.17) is 9.47 Å². The van der Waals surface area contributed by atoms with Crippen molar-refractivity contribution in [3.05, 3.63) is 0 Å². The number of ether oxygens (including phenoxy) is 2. The first-order chi connectivity index (χ1) is 10.3. The van der Waals surface area contributed by atoms with E-state index in [1.165, 1.54) is 0 Å². The van der Waals surface area contributed by atoms with Crippen LogP contribution in [-0.4, -0.2) is 60.2 Å². The number of alkyl halides is 1. The molecule has 7 heteroatoms. The Morgan fingerprint density at radius 2 is 2.09 bits per heavy atom. The van der Waals surface area contributed by atoms with E-state index in [0.29, 0.717) is 32.7 Å². The first-order valence-corrected chi connectivity index (χ1v) is 8.85. The Morgan fingerprint density at radius 1 is 1.36 bits per heavy atom. The fourth-order valence-electron chi connectivity index (χ4n) is 2.07. The monoisotopic (exact) mass is 378 g/mol. The van der Waals surface area contributed by atoms with Crippen molar-refractivity contribution in [1.29, 1.82) is 0 Å². The fraction of sp³-hybridized carbons (Fsp3) is 0.867. The molecule has 0 spiro atoms. The number of amides is 2. The van der Waals surface area contributed by atoms with Crippen molar-refractivity contribution in [2.45, 2.75) is 51.7 Å². The van der Waals surface area contributed by atoms with Crippen LogP contribution in [0, 0.1) is 0 Å². The molecule has 0 saturated carbocycles. The van der Waals surface area contributed by atoms with Gasteiger partial charge in [-0.3, -0.25) is 4.79 Å². The summed E-state index contributed by atoms with van der Waals surface area (Å²) in [5, 5.41) is 3.84. The number of halogens is 1. The summed E-state index contributed by atoms with van der Waals surface area (Å²) >= 11 is 3.35. The Bertz CT molecular complexity index is 371. The Kier molecular flexibility index (Phi) is 8.17. The maximum Gasteiger partial charge on any atom is 0.410 e. The van der Waals surface area contributed by atoms with Crippen molar-refractivity contribution >= 4 is 27.9 Å². The molecule has 128 valence electrons. The topological polar surface area (TPSA) is 67.9 Å². The number of nitrogens with zero attached hydrogens (tertiary/aromatic N) is 1. The SMILES string of the molecule is CC(C)(C)OC(=O)N1CCOCC(NC(=O)CCCCBr)C1. The van der Waals surface area contributed by atoms with Crippen molar-refractivity contribution in [3.8, 4) is 0 Å². The second kappa shape index (κ2) is 9.35. The molecule has 0 bridgehead atoms. The summed E-state index contributed by atoms with van der Waals surface area (Å²) in [5.41, 5.74) is -0.529. The third kappa shape index (κ3) is 7.98. The van der Waals surface area contributed by atoms with E-state index in [0.717, 1.165) is 18.2 Å². The summed E-state index contributed by atoms with van der Waals surface area (Å²) in [4.78, 5) is 25.6. The van der Waals surface area contributed by atoms with Gasteiger partial charge in [-0.1, -0.05) is 15.9 Å². The van der Waals surface area contributed by atoms with Gasteiger partial charge in [0, 0.05) is 24.8 Å². The lowest BCUT2D eigenvalue weighted by atomic mass is 10.2. The molecule has 0 aromatic carbocycles. The van der Waals surface area contributed by atoms with Crippen molar-refractivity contribution in [1.82, 2.24) is 10.2 Å². The van der Waals surface area contributed by atoms with Crippen molar-refractivity contribution in [2.75, 3.05) is 31.6 Å². The van der Waals surface area contributed by atoms with E-state index in [-0.39, 0.29) is 18.0 Å². The lowest BCUT2D eigenvalue weighted by Crippen LogP contribution is -2.47. The predicted octanol–water partition coefficient (Wildman–Crippen LogP) is 2.30. The van der Waals surface area contributed by atoms with Gasteiger partial charge in [-0.2, -0.15) is 0 Å². The van der Waals surface area contributed by atoms with Crippen LogP contribution >= 0.6 is 15.9 Å². The number of hydrogen-bond donors (Lipinski definition) is 1. The van der Waals surface area contributed by atoms with Crippen LogP contribution < -0.4 is 5.32 Å². The molecule has 0 aliphatic carbocycles. The first-order valence-electron chi connectivity index (χ1n) is 7.73. The normalized spacial score (nSPS) is 19.5. The lowest BCUT2D eigenvalue weighted by Gasteiger charge is -2.28. The molecular weight excluding hydrogens is 352 g/mol. The van der Waals surface area contributed by atoms with Gasteiger partial charge in [-0.25, -0.2) is 4.79 Å². The zero-order valence-corrected chi connectivity index (χ0v) is 15.3. The number of carbonyl (C=O) groups is 2. The molecule has 1 fully saturated rings. The second-order valence-corrected chi connectivity index (χ2v) is 7.20. The van der Waals surface area contributed by atoms with Crippen LogP contribution in [0.5, 0.6) is 0 Å². The summed E-state index contributed by atoms with van der Waals surface area (Å²) in [6, 6.07) is -0.188. The van der Waals surface area contributed by atoms with E-state index in [2.05, 4.69) is 21.2 Å². The molecule has 0 aromatic heterocycles. The Hall–Kier alpha value is -0.820. The van der Waals surface area contributed by atoms with E-state index in [1.807, 2.05) is 20.8 Å². The van der Waals surface area contributed by atoms with Crippen molar-refractivity contribution < 1.29 is 19.1 Å². The van der Waals surface area contributed by atoms with E-state index >= 15 is 0 Å². The molecule has 0 radical (unpaired) electrons. The van der Waals surface area contributed by atoms with Crippen LogP contribution in [0.1, 0.15) is 40.0 Å². The molecule has 1 atom stereocenters. The van der Waals surface area contributed by atoms with E-state index in [9.17, 15) is 9.59 Å². The number of hydrogen-bond acceptors (Lipinski definition) is 4. The predicted molar refractivity (Wildman–Crippen MR) is 88.2 cm³/mol. The molecule has 6 nitrogen and oxygen atoms in total. The molecule has 1 aliphatic rings. The number of unbranched alkanes of at least 4 members (excludes halogenated alkanes) is 1. The molecule has 1 unspecified atom stereocenters.